The molecule has 4 nitrogen and oxygen atoms in total. The zero-order valence-corrected chi connectivity index (χ0v) is 13.0. The first-order valence-corrected chi connectivity index (χ1v) is 8.44. The van der Waals surface area contributed by atoms with Gasteiger partial charge < -0.3 is 10.2 Å². The minimum atomic E-state index is 0.101. The number of hydrogen-bond donors (Lipinski definition) is 1. The smallest absolute Gasteiger partial charge is 0.239 e. The Morgan fingerprint density at radius 1 is 1.25 bits per heavy atom. The highest BCUT2D eigenvalue weighted by Crippen LogP contribution is 2.33. The topological polar surface area (TPSA) is 35.6 Å². The predicted molar refractivity (Wildman–Crippen MR) is 80.6 cm³/mol. The van der Waals surface area contributed by atoms with Crippen LogP contribution in [0.15, 0.2) is 0 Å². The SMILES string of the molecule is CCC1CN(C(=O)C2CC3CCCCC3N2)CCN1C. The number of nitrogens with one attached hydrogen (secondary N) is 1. The van der Waals surface area contributed by atoms with Crippen LogP contribution in [0.3, 0.4) is 0 Å². The molecular formula is C16H29N3O. The van der Waals surface area contributed by atoms with Crippen LogP contribution in [-0.2, 0) is 4.79 Å². The number of carbonyl (C=O) groups is 1. The summed E-state index contributed by atoms with van der Waals surface area (Å²) in [5.41, 5.74) is 0. The Bertz CT molecular complexity index is 342. The van der Waals surface area contributed by atoms with Crippen molar-refractivity contribution in [3.8, 4) is 0 Å². The monoisotopic (exact) mass is 279 g/mol. The summed E-state index contributed by atoms with van der Waals surface area (Å²) in [6.07, 6.45) is 7.49. The van der Waals surface area contributed by atoms with Gasteiger partial charge >= 0.3 is 0 Å². The van der Waals surface area contributed by atoms with Gasteiger partial charge in [-0.1, -0.05) is 19.8 Å². The Kier molecular flexibility index (Phi) is 4.32. The fraction of sp³-hybridized carbons (Fsp3) is 0.938. The Morgan fingerprint density at radius 2 is 2.05 bits per heavy atom. The molecule has 2 heterocycles. The van der Waals surface area contributed by atoms with Crippen molar-refractivity contribution in [2.45, 2.75) is 63.6 Å². The summed E-state index contributed by atoms with van der Waals surface area (Å²) in [4.78, 5) is 17.3. The van der Waals surface area contributed by atoms with Crippen LogP contribution in [0.25, 0.3) is 0 Å². The molecule has 0 aromatic carbocycles. The molecule has 4 heteroatoms. The zero-order valence-electron chi connectivity index (χ0n) is 13.0. The van der Waals surface area contributed by atoms with Crippen LogP contribution >= 0.6 is 0 Å². The maximum absolute atomic E-state index is 12.8. The molecule has 0 radical (unpaired) electrons. The van der Waals surface area contributed by atoms with E-state index in [0.717, 1.165) is 38.4 Å². The van der Waals surface area contributed by atoms with Crippen LogP contribution in [0.2, 0.25) is 0 Å². The molecule has 0 aromatic heterocycles. The van der Waals surface area contributed by atoms with Crippen molar-refractivity contribution in [3.63, 3.8) is 0 Å². The van der Waals surface area contributed by atoms with Gasteiger partial charge in [-0.2, -0.15) is 0 Å². The highest BCUT2D eigenvalue weighted by atomic mass is 16.2. The molecule has 0 spiro atoms. The summed E-state index contributed by atoms with van der Waals surface area (Å²) in [6.45, 7) is 5.06. The van der Waals surface area contributed by atoms with Gasteiger partial charge in [0.25, 0.3) is 0 Å². The number of hydrogen-bond acceptors (Lipinski definition) is 3. The van der Waals surface area contributed by atoms with Crippen LogP contribution in [0.1, 0.15) is 45.4 Å². The Labute approximate surface area is 122 Å². The molecule has 114 valence electrons. The van der Waals surface area contributed by atoms with E-state index in [0.29, 0.717) is 18.0 Å². The first kappa shape index (κ1) is 14.3. The standard InChI is InChI=1S/C16H29N3O/c1-3-13-11-19(9-8-18(13)2)16(20)15-10-12-6-4-5-7-14(12)17-15/h12-15,17H,3-11H2,1-2H3. The number of piperazine rings is 1. The van der Waals surface area contributed by atoms with E-state index in [1.165, 1.54) is 25.7 Å². The maximum atomic E-state index is 12.8. The van der Waals surface area contributed by atoms with E-state index in [1.807, 2.05) is 0 Å². The molecule has 4 unspecified atom stereocenters. The third-order valence-electron chi connectivity index (χ3n) is 5.72. The van der Waals surface area contributed by atoms with Gasteiger partial charge in [0.1, 0.15) is 0 Å². The molecule has 0 bridgehead atoms. The third-order valence-corrected chi connectivity index (χ3v) is 5.72. The van der Waals surface area contributed by atoms with E-state index in [1.54, 1.807) is 0 Å². The van der Waals surface area contributed by atoms with Crippen molar-refractivity contribution in [1.82, 2.24) is 15.1 Å². The van der Waals surface area contributed by atoms with E-state index >= 15 is 0 Å². The fourth-order valence-electron chi connectivity index (χ4n) is 4.32. The molecule has 3 fully saturated rings. The second-order valence-corrected chi connectivity index (χ2v) is 6.93. The summed E-state index contributed by atoms with van der Waals surface area (Å²) in [7, 11) is 2.18. The lowest BCUT2D eigenvalue weighted by molar-refractivity contribution is -0.136. The number of likely N-dealkylation sites (N-methyl/N-ethyl adjacent to an activating group) is 1. The number of rotatable bonds is 2. The zero-order chi connectivity index (χ0) is 14.1. The van der Waals surface area contributed by atoms with Gasteiger partial charge in [0.2, 0.25) is 5.91 Å². The first-order chi connectivity index (χ1) is 9.69. The van der Waals surface area contributed by atoms with Crippen LogP contribution in [0, 0.1) is 5.92 Å². The first-order valence-electron chi connectivity index (χ1n) is 8.44. The summed E-state index contributed by atoms with van der Waals surface area (Å²) in [5, 5.41) is 3.63. The summed E-state index contributed by atoms with van der Waals surface area (Å²) in [5.74, 6) is 1.12. The van der Waals surface area contributed by atoms with Gasteiger partial charge in [0.05, 0.1) is 6.04 Å². The van der Waals surface area contributed by atoms with Crippen molar-refractivity contribution in [3.05, 3.63) is 0 Å². The van der Waals surface area contributed by atoms with Crippen molar-refractivity contribution < 1.29 is 4.79 Å². The molecule has 0 aromatic rings. The largest absolute Gasteiger partial charge is 0.338 e. The number of amides is 1. The number of carbonyl (C=O) groups excluding carboxylic acids is 1. The van der Waals surface area contributed by atoms with Crippen LogP contribution < -0.4 is 5.32 Å². The highest BCUT2D eigenvalue weighted by molar-refractivity contribution is 5.82. The molecular weight excluding hydrogens is 250 g/mol. The lowest BCUT2D eigenvalue weighted by Gasteiger charge is -2.40. The number of fused-ring (bicyclic) bond motifs is 1. The van der Waals surface area contributed by atoms with Gasteiger partial charge in [-0.05, 0) is 38.6 Å². The average molecular weight is 279 g/mol. The molecule has 2 saturated heterocycles. The molecule has 3 aliphatic rings. The van der Waals surface area contributed by atoms with Crippen molar-refractivity contribution in [2.75, 3.05) is 26.7 Å². The van der Waals surface area contributed by atoms with Gasteiger partial charge in [-0.15, -0.1) is 0 Å². The van der Waals surface area contributed by atoms with Gasteiger partial charge in [0.15, 0.2) is 0 Å². The normalized spacial score (nSPS) is 38.8. The Hall–Kier alpha value is -0.610. The summed E-state index contributed by atoms with van der Waals surface area (Å²) >= 11 is 0. The Morgan fingerprint density at radius 3 is 2.80 bits per heavy atom. The molecule has 4 atom stereocenters. The van der Waals surface area contributed by atoms with Crippen LogP contribution in [0.4, 0.5) is 0 Å². The number of nitrogens with zero attached hydrogens (tertiary/aromatic N) is 2. The van der Waals surface area contributed by atoms with E-state index in [9.17, 15) is 4.79 Å². The fourth-order valence-corrected chi connectivity index (χ4v) is 4.32. The second-order valence-electron chi connectivity index (χ2n) is 6.93. The molecule has 3 rings (SSSR count). The maximum Gasteiger partial charge on any atom is 0.239 e. The van der Waals surface area contributed by atoms with Gasteiger partial charge in [-0.3, -0.25) is 9.69 Å². The molecule has 1 N–H and O–H groups in total. The lowest BCUT2D eigenvalue weighted by Crippen LogP contribution is -2.56. The van der Waals surface area contributed by atoms with Gasteiger partial charge in [0, 0.05) is 31.7 Å². The van der Waals surface area contributed by atoms with Crippen molar-refractivity contribution in [2.24, 2.45) is 5.92 Å². The van der Waals surface area contributed by atoms with Crippen molar-refractivity contribution >= 4 is 5.91 Å². The minimum Gasteiger partial charge on any atom is -0.338 e. The molecule has 1 aliphatic carbocycles. The summed E-state index contributed by atoms with van der Waals surface area (Å²) in [6, 6.07) is 1.26. The van der Waals surface area contributed by atoms with Crippen molar-refractivity contribution in [1.29, 1.82) is 0 Å². The molecule has 2 aliphatic heterocycles. The van der Waals surface area contributed by atoms with E-state index in [-0.39, 0.29) is 6.04 Å². The van der Waals surface area contributed by atoms with E-state index in [2.05, 4.69) is 29.1 Å². The van der Waals surface area contributed by atoms with E-state index in [4.69, 9.17) is 0 Å². The predicted octanol–water partition coefficient (Wildman–Crippen LogP) is 1.46. The third kappa shape index (κ3) is 2.73. The Balaban J connectivity index is 1.59. The molecule has 1 saturated carbocycles. The van der Waals surface area contributed by atoms with Crippen LogP contribution in [-0.4, -0.2) is 60.5 Å². The van der Waals surface area contributed by atoms with Gasteiger partial charge in [-0.25, -0.2) is 0 Å². The minimum absolute atomic E-state index is 0.101. The molecule has 20 heavy (non-hydrogen) atoms. The summed E-state index contributed by atoms with van der Waals surface area (Å²) < 4.78 is 0. The highest BCUT2D eigenvalue weighted by Gasteiger charge is 2.40. The average Bonchev–Trinajstić information content (AvgIpc) is 2.91. The quantitative estimate of drug-likeness (QED) is 0.831. The second kappa shape index (κ2) is 6.02. The van der Waals surface area contributed by atoms with E-state index < -0.39 is 0 Å². The molecule has 1 amide bonds. The van der Waals surface area contributed by atoms with Crippen LogP contribution in [0.5, 0.6) is 0 Å². The lowest BCUT2D eigenvalue weighted by atomic mass is 9.85.